The Kier molecular flexibility index (Phi) is 3.32. The number of aromatic amines is 1. The van der Waals surface area contributed by atoms with Crippen molar-refractivity contribution >= 4 is 11.9 Å². The van der Waals surface area contributed by atoms with E-state index >= 15 is 0 Å². The average Bonchev–Trinajstić information content (AvgIpc) is 2.97. The number of carboxylic acids is 1. The molecule has 0 aliphatic carbocycles. The number of nitrogens with zero attached hydrogens (tertiary/aromatic N) is 3. The maximum atomic E-state index is 12.1. The van der Waals surface area contributed by atoms with E-state index < -0.39 is 11.9 Å². The number of rotatable bonds is 4. The molecule has 0 radical (unpaired) electrons. The fourth-order valence-corrected chi connectivity index (χ4v) is 1.61. The zero-order valence-corrected chi connectivity index (χ0v) is 10.4. The van der Waals surface area contributed by atoms with Crippen molar-refractivity contribution < 1.29 is 19.2 Å². The Bertz CT molecular complexity index is 616. The molecule has 0 aromatic carbocycles. The predicted octanol–water partition coefficient (Wildman–Crippen LogP) is 0.677. The number of amides is 1. The van der Waals surface area contributed by atoms with Crippen LogP contribution >= 0.6 is 0 Å². The van der Waals surface area contributed by atoms with Gasteiger partial charge in [0, 0.05) is 13.1 Å². The van der Waals surface area contributed by atoms with Crippen molar-refractivity contribution in [3.63, 3.8) is 0 Å². The Hall–Kier alpha value is -2.64. The third-order valence-corrected chi connectivity index (χ3v) is 2.48. The Morgan fingerprint density at radius 1 is 1.53 bits per heavy atom. The van der Waals surface area contributed by atoms with Gasteiger partial charge < -0.3 is 19.5 Å². The van der Waals surface area contributed by atoms with Crippen LogP contribution in [0.1, 0.15) is 32.4 Å². The van der Waals surface area contributed by atoms with Crippen molar-refractivity contribution in [3.05, 3.63) is 35.2 Å². The fraction of sp³-hybridized carbons (Fsp3) is 0.273. The first-order valence-electron chi connectivity index (χ1n) is 5.43. The van der Waals surface area contributed by atoms with E-state index in [0.29, 0.717) is 11.5 Å². The lowest BCUT2D eigenvalue weighted by atomic mass is 10.2. The number of imidazole rings is 1. The zero-order valence-electron chi connectivity index (χ0n) is 10.4. The Labute approximate surface area is 108 Å². The van der Waals surface area contributed by atoms with Crippen molar-refractivity contribution in [2.45, 2.75) is 13.5 Å². The first-order chi connectivity index (χ1) is 8.99. The van der Waals surface area contributed by atoms with Crippen molar-refractivity contribution in [3.8, 4) is 0 Å². The highest BCUT2D eigenvalue weighted by Crippen LogP contribution is 2.10. The van der Waals surface area contributed by atoms with Gasteiger partial charge in [0.2, 0.25) is 0 Å². The Balaban J connectivity index is 2.15. The van der Waals surface area contributed by atoms with E-state index in [1.807, 2.05) is 0 Å². The number of hydrogen-bond acceptors (Lipinski definition) is 5. The number of hydrogen-bond donors (Lipinski definition) is 2. The second-order valence-electron chi connectivity index (χ2n) is 4.02. The molecule has 1 amide bonds. The third-order valence-electron chi connectivity index (χ3n) is 2.48. The smallest absolute Gasteiger partial charge is 0.354 e. The number of aromatic carboxylic acids is 1. The van der Waals surface area contributed by atoms with Crippen molar-refractivity contribution in [2.24, 2.45) is 0 Å². The summed E-state index contributed by atoms with van der Waals surface area (Å²) in [6, 6.07) is 1.70. The molecule has 100 valence electrons. The minimum atomic E-state index is -1.23. The van der Waals surface area contributed by atoms with Gasteiger partial charge in [-0.3, -0.25) is 4.79 Å². The molecule has 2 N–H and O–H groups in total. The Morgan fingerprint density at radius 2 is 2.26 bits per heavy atom. The lowest BCUT2D eigenvalue weighted by Gasteiger charge is -2.14. The van der Waals surface area contributed by atoms with Crippen LogP contribution in [0.2, 0.25) is 0 Å². The molecule has 0 saturated carbocycles. The van der Waals surface area contributed by atoms with Crippen LogP contribution in [0.5, 0.6) is 0 Å². The third kappa shape index (κ3) is 2.62. The molecular weight excluding hydrogens is 252 g/mol. The van der Waals surface area contributed by atoms with Gasteiger partial charge in [-0.2, -0.15) is 0 Å². The van der Waals surface area contributed by atoms with E-state index in [2.05, 4.69) is 15.1 Å². The Morgan fingerprint density at radius 3 is 2.84 bits per heavy atom. The normalized spacial score (nSPS) is 10.4. The largest absolute Gasteiger partial charge is 0.477 e. The lowest BCUT2D eigenvalue weighted by Crippen LogP contribution is -2.28. The van der Waals surface area contributed by atoms with Gasteiger partial charge in [-0.15, -0.1) is 0 Å². The summed E-state index contributed by atoms with van der Waals surface area (Å²) in [5.74, 6) is -1.09. The molecule has 0 bridgehead atoms. The van der Waals surface area contributed by atoms with Crippen LogP contribution in [-0.2, 0) is 6.54 Å². The minimum absolute atomic E-state index is 0.129. The molecule has 2 rings (SSSR count). The van der Waals surface area contributed by atoms with Crippen molar-refractivity contribution in [1.82, 2.24) is 20.0 Å². The molecule has 0 atom stereocenters. The molecule has 8 nitrogen and oxygen atoms in total. The number of aromatic nitrogens is 3. The summed E-state index contributed by atoms with van der Waals surface area (Å²) in [4.78, 5) is 30.4. The SMILES string of the molecule is Cc1cc(CN(C)C(=O)c2nc[nH]c2C(=O)O)no1. The van der Waals surface area contributed by atoms with Crippen LogP contribution in [0.25, 0.3) is 0 Å². The topological polar surface area (TPSA) is 112 Å². The second kappa shape index (κ2) is 4.92. The van der Waals surface area contributed by atoms with Gasteiger partial charge in [0.15, 0.2) is 11.4 Å². The summed E-state index contributed by atoms with van der Waals surface area (Å²) >= 11 is 0. The van der Waals surface area contributed by atoms with Crippen LogP contribution in [0.4, 0.5) is 0 Å². The van der Waals surface area contributed by atoms with Gasteiger partial charge in [-0.05, 0) is 6.92 Å². The van der Waals surface area contributed by atoms with Crippen LogP contribution in [-0.4, -0.2) is 44.1 Å². The number of aryl methyl sites for hydroxylation is 1. The minimum Gasteiger partial charge on any atom is -0.477 e. The number of H-pyrrole nitrogens is 1. The number of nitrogens with one attached hydrogen (secondary N) is 1. The average molecular weight is 264 g/mol. The highest BCUT2D eigenvalue weighted by Gasteiger charge is 2.23. The first kappa shape index (κ1) is 12.8. The number of carbonyl (C=O) groups is 2. The molecule has 0 aliphatic heterocycles. The lowest BCUT2D eigenvalue weighted by molar-refractivity contribution is 0.0673. The van der Waals surface area contributed by atoms with E-state index in [1.54, 1.807) is 13.0 Å². The maximum absolute atomic E-state index is 12.1. The summed E-state index contributed by atoms with van der Waals surface area (Å²) in [6.07, 6.45) is 1.17. The molecule has 2 aromatic rings. The first-order valence-corrected chi connectivity index (χ1v) is 5.43. The van der Waals surface area contributed by atoms with E-state index in [0.717, 1.165) is 0 Å². The van der Waals surface area contributed by atoms with Crippen LogP contribution in [0.3, 0.4) is 0 Å². The highest BCUT2D eigenvalue weighted by atomic mass is 16.5. The fourth-order valence-electron chi connectivity index (χ4n) is 1.61. The molecule has 8 heteroatoms. The molecule has 2 heterocycles. The molecule has 2 aromatic heterocycles. The van der Waals surface area contributed by atoms with Gasteiger partial charge in [0.1, 0.15) is 11.5 Å². The zero-order chi connectivity index (χ0) is 14.0. The van der Waals surface area contributed by atoms with Crippen LogP contribution in [0.15, 0.2) is 16.9 Å². The van der Waals surface area contributed by atoms with Crippen molar-refractivity contribution in [2.75, 3.05) is 7.05 Å². The molecule has 0 saturated heterocycles. The summed E-state index contributed by atoms with van der Waals surface area (Å²) < 4.78 is 4.89. The number of carbonyl (C=O) groups excluding carboxylic acids is 1. The van der Waals surface area contributed by atoms with Gasteiger partial charge in [0.25, 0.3) is 5.91 Å². The number of carboxylic acid groups (broad SMARTS) is 1. The molecule has 0 fully saturated rings. The van der Waals surface area contributed by atoms with Crippen LogP contribution < -0.4 is 0 Å². The summed E-state index contributed by atoms with van der Waals surface area (Å²) in [6.45, 7) is 1.96. The van der Waals surface area contributed by atoms with Gasteiger partial charge in [0.05, 0.1) is 12.9 Å². The molecular formula is C11H12N4O4. The summed E-state index contributed by atoms with van der Waals surface area (Å²) in [7, 11) is 1.53. The monoisotopic (exact) mass is 264 g/mol. The molecule has 19 heavy (non-hydrogen) atoms. The molecule has 0 spiro atoms. The highest BCUT2D eigenvalue weighted by molar-refractivity contribution is 6.02. The van der Waals surface area contributed by atoms with Gasteiger partial charge >= 0.3 is 5.97 Å². The molecule has 0 aliphatic rings. The second-order valence-corrected chi connectivity index (χ2v) is 4.02. The van der Waals surface area contributed by atoms with Crippen molar-refractivity contribution in [1.29, 1.82) is 0 Å². The van der Waals surface area contributed by atoms with E-state index in [9.17, 15) is 9.59 Å². The predicted molar refractivity (Wildman–Crippen MR) is 62.6 cm³/mol. The van der Waals surface area contributed by atoms with Gasteiger partial charge in [-0.25, -0.2) is 9.78 Å². The van der Waals surface area contributed by atoms with Gasteiger partial charge in [-0.1, -0.05) is 5.16 Å². The van der Waals surface area contributed by atoms with E-state index in [1.165, 1.54) is 18.3 Å². The van der Waals surface area contributed by atoms with E-state index in [-0.39, 0.29) is 17.9 Å². The molecule has 0 unspecified atom stereocenters. The summed E-state index contributed by atoms with van der Waals surface area (Å²) in [5, 5.41) is 12.7. The summed E-state index contributed by atoms with van der Waals surface area (Å²) in [5.41, 5.74) is 0.226. The standard InChI is InChI=1S/C11H12N4O4/c1-6-3-7(14-19-6)4-15(2)10(16)8-9(11(17)18)13-5-12-8/h3,5H,4H2,1-2H3,(H,12,13)(H,17,18). The van der Waals surface area contributed by atoms with E-state index in [4.69, 9.17) is 9.63 Å². The quantitative estimate of drug-likeness (QED) is 0.839. The maximum Gasteiger partial charge on any atom is 0.354 e. The van der Waals surface area contributed by atoms with Crippen LogP contribution in [0, 0.1) is 6.92 Å².